The summed E-state index contributed by atoms with van der Waals surface area (Å²) in [6.07, 6.45) is 6.66. The molecule has 4 fully saturated rings. The smallest absolute Gasteiger partial charge is 0.314 e. The van der Waals surface area contributed by atoms with Gasteiger partial charge in [-0.3, -0.25) is 9.59 Å². The van der Waals surface area contributed by atoms with E-state index in [1.807, 2.05) is 0 Å². The number of esters is 2. The van der Waals surface area contributed by atoms with Crippen LogP contribution in [-0.4, -0.2) is 49.6 Å². The first-order chi connectivity index (χ1) is 14.1. The quantitative estimate of drug-likeness (QED) is 0.637. The van der Waals surface area contributed by atoms with E-state index in [1.54, 1.807) is 0 Å². The van der Waals surface area contributed by atoms with E-state index in [0.717, 1.165) is 51.4 Å². The summed E-state index contributed by atoms with van der Waals surface area (Å²) >= 11 is 0. The molecule has 170 valence electrons. The van der Waals surface area contributed by atoms with Gasteiger partial charge < -0.3 is 18.9 Å². The molecule has 4 rings (SSSR count). The average molecular weight is 423 g/mol. The minimum atomic E-state index is -0.427. The van der Waals surface area contributed by atoms with Gasteiger partial charge in [0.25, 0.3) is 0 Å². The van der Waals surface area contributed by atoms with Crippen molar-refractivity contribution >= 4 is 11.9 Å². The van der Waals surface area contributed by atoms with Crippen LogP contribution in [0.2, 0.25) is 0 Å². The van der Waals surface area contributed by atoms with E-state index < -0.39 is 12.0 Å². The van der Waals surface area contributed by atoms with Crippen LogP contribution in [0.5, 0.6) is 0 Å². The average Bonchev–Trinajstić information content (AvgIpc) is 3.26. The molecule has 4 atom stereocenters. The van der Waals surface area contributed by atoms with Crippen LogP contribution in [0, 0.1) is 22.7 Å². The predicted molar refractivity (Wildman–Crippen MR) is 111 cm³/mol. The Kier molecular flexibility index (Phi) is 6.19. The predicted octanol–water partition coefficient (Wildman–Crippen LogP) is 4.04. The van der Waals surface area contributed by atoms with Crippen LogP contribution in [0.3, 0.4) is 0 Å². The minimum absolute atomic E-state index is 0.00449. The zero-order chi connectivity index (χ0) is 21.5. The van der Waals surface area contributed by atoms with Crippen LogP contribution in [0.4, 0.5) is 0 Å². The summed E-state index contributed by atoms with van der Waals surface area (Å²) < 4.78 is 23.3. The highest BCUT2D eigenvalue weighted by molar-refractivity contribution is 5.74. The third-order valence-electron chi connectivity index (χ3n) is 7.82. The highest BCUT2D eigenvalue weighted by atomic mass is 16.6. The molecule has 0 aromatic carbocycles. The molecule has 2 saturated carbocycles. The van der Waals surface area contributed by atoms with Crippen molar-refractivity contribution in [1.29, 1.82) is 0 Å². The Morgan fingerprint density at radius 3 is 1.93 bits per heavy atom. The molecule has 2 aliphatic heterocycles. The van der Waals surface area contributed by atoms with Crippen molar-refractivity contribution < 1.29 is 28.5 Å². The van der Waals surface area contributed by atoms with Gasteiger partial charge in [-0.05, 0) is 62.2 Å². The number of carbonyl (C=O) groups excluding carboxylic acids is 2. The first-order valence-corrected chi connectivity index (χ1v) is 11.8. The molecule has 0 aromatic heterocycles. The van der Waals surface area contributed by atoms with Crippen LogP contribution >= 0.6 is 0 Å². The van der Waals surface area contributed by atoms with E-state index in [9.17, 15) is 9.59 Å². The van der Waals surface area contributed by atoms with Gasteiger partial charge in [0.15, 0.2) is 6.10 Å². The van der Waals surface area contributed by atoms with E-state index in [-0.39, 0.29) is 42.8 Å². The molecule has 0 spiro atoms. The number of hydrogen-bond acceptors (Lipinski definition) is 6. The molecule has 1 unspecified atom stereocenters. The molecule has 2 saturated heterocycles. The highest BCUT2D eigenvalue weighted by Crippen LogP contribution is 2.40. The highest BCUT2D eigenvalue weighted by Gasteiger charge is 2.53. The molecule has 0 bridgehead atoms. The van der Waals surface area contributed by atoms with E-state index in [0.29, 0.717) is 17.4 Å². The maximum absolute atomic E-state index is 12.8. The van der Waals surface area contributed by atoms with Gasteiger partial charge in [0.1, 0.15) is 24.2 Å². The number of ether oxygens (including phenoxy) is 4. The van der Waals surface area contributed by atoms with Gasteiger partial charge in [0, 0.05) is 0 Å². The van der Waals surface area contributed by atoms with Crippen LogP contribution < -0.4 is 0 Å². The summed E-state index contributed by atoms with van der Waals surface area (Å²) in [6, 6.07) is 0. The fourth-order valence-corrected chi connectivity index (χ4v) is 5.39. The second-order valence-corrected chi connectivity index (χ2v) is 11.4. The second kappa shape index (κ2) is 8.42. The van der Waals surface area contributed by atoms with Crippen LogP contribution in [0.1, 0.15) is 79.1 Å². The zero-order valence-corrected chi connectivity index (χ0v) is 19.0. The van der Waals surface area contributed by atoms with Gasteiger partial charge in [-0.25, -0.2) is 0 Å². The number of hydrogen-bond donors (Lipinski definition) is 0. The van der Waals surface area contributed by atoms with Gasteiger partial charge in [0.05, 0.1) is 19.1 Å². The van der Waals surface area contributed by atoms with Gasteiger partial charge in [-0.2, -0.15) is 0 Å². The largest absolute Gasteiger partial charge is 0.462 e. The van der Waals surface area contributed by atoms with Gasteiger partial charge in [-0.15, -0.1) is 0 Å². The molecule has 0 amide bonds. The molecule has 0 radical (unpaired) electrons. The van der Waals surface area contributed by atoms with Crippen molar-refractivity contribution in [1.82, 2.24) is 0 Å². The summed E-state index contributed by atoms with van der Waals surface area (Å²) in [7, 11) is 0. The van der Waals surface area contributed by atoms with E-state index in [1.165, 1.54) is 0 Å². The van der Waals surface area contributed by atoms with Crippen molar-refractivity contribution in [2.45, 2.75) is 103 Å². The lowest BCUT2D eigenvalue weighted by molar-refractivity contribution is -0.163. The van der Waals surface area contributed by atoms with Crippen LogP contribution in [0.25, 0.3) is 0 Å². The Morgan fingerprint density at radius 1 is 0.733 bits per heavy atom. The van der Waals surface area contributed by atoms with Gasteiger partial charge in [0.2, 0.25) is 0 Å². The molecule has 0 aromatic rings. The van der Waals surface area contributed by atoms with Crippen molar-refractivity contribution in [3.05, 3.63) is 0 Å². The third kappa shape index (κ3) is 4.85. The van der Waals surface area contributed by atoms with Crippen molar-refractivity contribution in [3.8, 4) is 0 Å². The first-order valence-electron chi connectivity index (χ1n) is 11.8. The fraction of sp³-hybridized carbons (Fsp3) is 0.917. The van der Waals surface area contributed by atoms with Gasteiger partial charge >= 0.3 is 11.9 Å². The van der Waals surface area contributed by atoms with E-state index in [4.69, 9.17) is 18.9 Å². The molecule has 4 aliphatic rings. The molecule has 2 heterocycles. The summed E-state index contributed by atoms with van der Waals surface area (Å²) in [6.45, 7) is 9.61. The molecular formula is C24H38O6. The van der Waals surface area contributed by atoms with Crippen LogP contribution in [0.15, 0.2) is 0 Å². The van der Waals surface area contributed by atoms with Crippen molar-refractivity contribution in [3.63, 3.8) is 0 Å². The lowest BCUT2D eigenvalue weighted by atomic mass is 9.73. The lowest BCUT2D eigenvalue weighted by Gasteiger charge is -2.34. The summed E-state index contributed by atoms with van der Waals surface area (Å²) in [4.78, 5) is 25.4. The Bertz CT molecular complexity index is 636. The van der Waals surface area contributed by atoms with Crippen LogP contribution in [-0.2, 0) is 28.5 Å². The topological polar surface area (TPSA) is 71.1 Å². The summed E-state index contributed by atoms with van der Waals surface area (Å²) in [5.41, 5.74) is 0.652. The normalized spacial score (nSPS) is 36.3. The first kappa shape index (κ1) is 22.1. The maximum atomic E-state index is 12.8. The molecule has 30 heavy (non-hydrogen) atoms. The standard InChI is InChI=1S/C24H38O6/c1-23(2)9-5-15(6-10-23)21(25)30-18-14-28-19-17(13-27-20(18)19)22(26)29-16-7-11-24(3,4)12-8-16/h15-20H,5-14H2,1-4H3/t17-,18?,19+,20+/m0/s1. The molecule has 2 aliphatic carbocycles. The Labute approximate surface area is 180 Å². The summed E-state index contributed by atoms with van der Waals surface area (Å²) in [5, 5.41) is 0. The molecule has 6 nitrogen and oxygen atoms in total. The summed E-state index contributed by atoms with van der Waals surface area (Å²) in [5.74, 6) is -0.827. The third-order valence-corrected chi connectivity index (χ3v) is 7.82. The lowest BCUT2D eigenvalue weighted by Crippen LogP contribution is -2.38. The number of fused-ring (bicyclic) bond motifs is 1. The Morgan fingerprint density at radius 2 is 1.30 bits per heavy atom. The second-order valence-electron chi connectivity index (χ2n) is 11.4. The minimum Gasteiger partial charge on any atom is -0.462 e. The number of carbonyl (C=O) groups is 2. The maximum Gasteiger partial charge on any atom is 0.314 e. The Balaban J connectivity index is 1.26. The van der Waals surface area contributed by atoms with Gasteiger partial charge in [-0.1, -0.05) is 27.7 Å². The fourth-order valence-electron chi connectivity index (χ4n) is 5.39. The number of rotatable bonds is 4. The SMILES string of the molecule is CC1(C)CCC(OC(=O)[C@H]2CO[C@@H]3C(OC(=O)C4CCC(C)(C)CC4)CO[C@H]23)CC1. The Hall–Kier alpha value is -1.14. The monoisotopic (exact) mass is 422 g/mol. The molecule has 0 N–H and O–H groups in total. The van der Waals surface area contributed by atoms with E-state index in [2.05, 4.69) is 27.7 Å². The van der Waals surface area contributed by atoms with Crippen molar-refractivity contribution in [2.24, 2.45) is 22.7 Å². The van der Waals surface area contributed by atoms with Crippen molar-refractivity contribution in [2.75, 3.05) is 13.2 Å². The molecule has 6 heteroatoms. The zero-order valence-electron chi connectivity index (χ0n) is 19.0. The molecular weight excluding hydrogens is 384 g/mol. The van der Waals surface area contributed by atoms with E-state index >= 15 is 0 Å².